The summed E-state index contributed by atoms with van der Waals surface area (Å²) in [5.74, 6) is -10.0. The van der Waals surface area contributed by atoms with Crippen LogP contribution in [-0.4, -0.2) is 10.2 Å². The van der Waals surface area contributed by atoms with Gasteiger partial charge in [0.2, 0.25) is 0 Å². The minimum absolute atomic E-state index is 0.419. The summed E-state index contributed by atoms with van der Waals surface area (Å²) in [7, 11) is 0. The second-order valence-corrected chi connectivity index (χ2v) is 4.49. The molecular weight excluding hydrogens is 314 g/mol. The van der Waals surface area contributed by atoms with Crippen molar-refractivity contribution < 1.29 is 36.6 Å². The molecule has 0 aliphatic heterocycles. The lowest BCUT2D eigenvalue weighted by atomic mass is 9.97. The summed E-state index contributed by atoms with van der Waals surface area (Å²) < 4.78 is 77.9. The third kappa shape index (κ3) is 2.93. The lowest BCUT2D eigenvalue weighted by Gasteiger charge is -2.19. The Morgan fingerprint density at radius 1 is 0.545 bits per heavy atom. The molecule has 8 heteroatoms. The first-order valence-corrected chi connectivity index (χ1v) is 5.87. The average molecular weight is 322 g/mol. The Bertz CT molecular complexity index is 611. The molecule has 2 aromatic rings. The zero-order valence-corrected chi connectivity index (χ0v) is 10.6. The molecule has 2 rings (SSSR count). The van der Waals surface area contributed by atoms with Gasteiger partial charge < -0.3 is 10.2 Å². The van der Waals surface area contributed by atoms with Gasteiger partial charge in [-0.25, -0.2) is 26.3 Å². The molecule has 0 aliphatic carbocycles. The van der Waals surface area contributed by atoms with Crippen molar-refractivity contribution in [3.63, 3.8) is 0 Å². The molecule has 0 saturated carbocycles. The van der Waals surface area contributed by atoms with Gasteiger partial charge in [0.1, 0.15) is 12.2 Å². The van der Waals surface area contributed by atoms with E-state index in [-0.39, 0.29) is 0 Å². The Kier molecular flexibility index (Phi) is 4.43. The Morgan fingerprint density at radius 3 is 1.00 bits per heavy atom. The molecule has 2 N–H and O–H groups in total. The minimum atomic E-state index is -2.02. The van der Waals surface area contributed by atoms with Crippen LogP contribution in [0.5, 0.6) is 0 Å². The first-order chi connectivity index (χ1) is 10.2. The largest absolute Gasteiger partial charge is 0.385 e. The van der Waals surface area contributed by atoms with Gasteiger partial charge in [-0.05, 0) is 35.4 Å². The third-order valence-corrected chi connectivity index (χ3v) is 2.99. The standard InChI is InChI=1S/C14H8F6O2/c15-7-1-5(2-8(16)11(7)19)13(21)14(22)6-3-9(17)12(20)10(18)4-6/h1-4,13-14,21-22H/t13-,14-/m1/s1. The SMILES string of the molecule is O[C@H](c1cc(F)c(F)c(F)c1)[C@H](O)c1cc(F)c(F)c(F)c1. The number of aliphatic hydroxyl groups is 2. The second-order valence-electron chi connectivity index (χ2n) is 4.49. The Morgan fingerprint density at radius 2 is 0.773 bits per heavy atom. The fourth-order valence-electron chi connectivity index (χ4n) is 1.86. The van der Waals surface area contributed by atoms with E-state index >= 15 is 0 Å². The summed E-state index contributed by atoms with van der Waals surface area (Å²) in [6, 6.07) is 1.68. The molecule has 0 bridgehead atoms. The number of benzene rings is 2. The second kappa shape index (κ2) is 5.98. The van der Waals surface area contributed by atoms with Crippen LogP contribution in [0.15, 0.2) is 24.3 Å². The molecule has 0 amide bonds. The predicted molar refractivity (Wildman–Crippen MR) is 62.6 cm³/mol. The number of hydrogen-bond acceptors (Lipinski definition) is 2. The van der Waals surface area contributed by atoms with Gasteiger partial charge in [0.15, 0.2) is 34.9 Å². The van der Waals surface area contributed by atoms with Crippen LogP contribution < -0.4 is 0 Å². The summed E-state index contributed by atoms with van der Waals surface area (Å²) in [6.45, 7) is 0. The smallest absolute Gasteiger partial charge is 0.194 e. The van der Waals surface area contributed by atoms with Crippen LogP contribution in [0.3, 0.4) is 0 Å². The van der Waals surface area contributed by atoms with Crippen LogP contribution in [0.25, 0.3) is 0 Å². The van der Waals surface area contributed by atoms with E-state index in [0.717, 1.165) is 0 Å². The monoisotopic (exact) mass is 322 g/mol. The summed E-state index contributed by atoms with van der Waals surface area (Å²) in [5.41, 5.74) is -1.12. The van der Waals surface area contributed by atoms with Gasteiger partial charge in [0.05, 0.1) is 0 Å². The molecule has 2 atom stereocenters. The van der Waals surface area contributed by atoms with Gasteiger partial charge in [0, 0.05) is 0 Å². The maximum absolute atomic E-state index is 13.1. The van der Waals surface area contributed by atoms with Crippen LogP contribution in [0.2, 0.25) is 0 Å². The average Bonchev–Trinajstić information content (AvgIpc) is 2.47. The van der Waals surface area contributed by atoms with Crippen molar-refractivity contribution in [1.82, 2.24) is 0 Å². The lowest BCUT2D eigenvalue weighted by Crippen LogP contribution is -2.13. The summed E-state index contributed by atoms with van der Waals surface area (Å²) in [4.78, 5) is 0. The van der Waals surface area contributed by atoms with E-state index < -0.39 is 58.2 Å². The highest BCUT2D eigenvalue weighted by Crippen LogP contribution is 2.31. The van der Waals surface area contributed by atoms with E-state index in [4.69, 9.17) is 0 Å². The number of aliphatic hydroxyl groups excluding tert-OH is 2. The van der Waals surface area contributed by atoms with E-state index in [1.54, 1.807) is 0 Å². The Labute approximate surface area is 120 Å². The molecule has 22 heavy (non-hydrogen) atoms. The topological polar surface area (TPSA) is 40.5 Å². The number of rotatable bonds is 3. The van der Waals surface area contributed by atoms with Crippen molar-refractivity contribution in [2.45, 2.75) is 12.2 Å². The first-order valence-electron chi connectivity index (χ1n) is 5.87. The molecule has 2 nitrogen and oxygen atoms in total. The van der Waals surface area contributed by atoms with Gasteiger partial charge in [-0.1, -0.05) is 0 Å². The van der Waals surface area contributed by atoms with Crippen molar-refractivity contribution in [2.75, 3.05) is 0 Å². The van der Waals surface area contributed by atoms with E-state index in [0.29, 0.717) is 24.3 Å². The van der Waals surface area contributed by atoms with Crippen molar-refractivity contribution in [2.24, 2.45) is 0 Å². The van der Waals surface area contributed by atoms with Crippen LogP contribution in [0, 0.1) is 34.9 Å². The van der Waals surface area contributed by atoms with Gasteiger partial charge in [-0.3, -0.25) is 0 Å². The quantitative estimate of drug-likeness (QED) is 0.672. The third-order valence-electron chi connectivity index (χ3n) is 2.99. The molecule has 0 unspecified atom stereocenters. The summed E-state index contributed by atoms with van der Waals surface area (Å²) >= 11 is 0. The molecule has 0 saturated heterocycles. The summed E-state index contributed by atoms with van der Waals surface area (Å²) in [6.07, 6.45) is -4.04. The molecule has 118 valence electrons. The van der Waals surface area contributed by atoms with Crippen LogP contribution in [0.1, 0.15) is 23.3 Å². The zero-order chi connectivity index (χ0) is 16.6. The normalized spacial score (nSPS) is 14.0. The Hall–Kier alpha value is -2.06. The molecular formula is C14H8F6O2. The van der Waals surface area contributed by atoms with Gasteiger partial charge in [-0.15, -0.1) is 0 Å². The highest BCUT2D eigenvalue weighted by atomic mass is 19.2. The van der Waals surface area contributed by atoms with E-state index in [1.165, 1.54) is 0 Å². The molecule has 0 heterocycles. The van der Waals surface area contributed by atoms with E-state index in [1.807, 2.05) is 0 Å². The molecule has 0 spiro atoms. The van der Waals surface area contributed by atoms with Crippen LogP contribution in [-0.2, 0) is 0 Å². The highest BCUT2D eigenvalue weighted by Gasteiger charge is 2.25. The van der Waals surface area contributed by atoms with Crippen molar-refractivity contribution in [3.8, 4) is 0 Å². The van der Waals surface area contributed by atoms with Crippen molar-refractivity contribution >= 4 is 0 Å². The van der Waals surface area contributed by atoms with Gasteiger partial charge in [-0.2, -0.15) is 0 Å². The molecule has 0 fully saturated rings. The van der Waals surface area contributed by atoms with Crippen molar-refractivity contribution in [1.29, 1.82) is 0 Å². The van der Waals surface area contributed by atoms with Crippen molar-refractivity contribution in [3.05, 3.63) is 70.3 Å². The molecule has 0 aromatic heterocycles. The summed E-state index contributed by atoms with van der Waals surface area (Å²) in [5, 5.41) is 19.6. The predicted octanol–water partition coefficient (Wildman–Crippen LogP) is 3.29. The zero-order valence-electron chi connectivity index (χ0n) is 10.6. The van der Waals surface area contributed by atoms with E-state index in [2.05, 4.69) is 0 Å². The van der Waals surface area contributed by atoms with Crippen LogP contribution >= 0.6 is 0 Å². The van der Waals surface area contributed by atoms with Gasteiger partial charge >= 0.3 is 0 Å². The first kappa shape index (κ1) is 16.3. The minimum Gasteiger partial charge on any atom is -0.385 e. The fourth-order valence-corrected chi connectivity index (χ4v) is 1.86. The fraction of sp³-hybridized carbons (Fsp3) is 0.143. The lowest BCUT2D eigenvalue weighted by molar-refractivity contribution is 0.0163. The van der Waals surface area contributed by atoms with E-state index in [9.17, 15) is 36.6 Å². The van der Waals surface area contributed by atoms with Gasteiger partial charge in [0.25, 0.3) is 0 Å². The number of hydrogen-bond donors (Lipinski definition) is 2. The van der Waals surface area contributed by atoms with Crippen LogP contribution in [0.4, 0.5) is 26.3 Å². The highest BCUT2D eigenvalue weighted by molar-refractivity contribution is 5.27. The molecule has 0 aliphatic rings. The number of halogens is 6. The molecule has 0 radical (unpaired) electrons. The molecule has 2 aromatic carbocycles. The maximum atomic E-state index is 13.1. The Balaban J connectivity index is 2.39. The maximum Gasteiger partial charge on any atom is 0.194 e.